The summed E-state index contributed by atoms with van der Waals surface area (Å²) in [4.78, 5) is 5.34. The van der Waals surface area contributed by atoms with Crippen LogP contribution in [0, 0.1) is 22.7 Å². The fourth-order valence-corrected chi connectivity index (χ4v) is 2.89. The molecule has 0 aromatic carbocycles. The molecule has 0 saturated heterocycles. The van der Waals surface area contributed by atoms with Crippen LogP contribution in [0.5, 0.6) is 0 Å². The van der Waals surface area contributed by atoms with E-state index in [1.807, 2.05) is 35.0 Å². The van der Waals surface area contributed by atoms with Crippen LogP contribution in [-0.4, -0.2) is 15.1 Å². The molecule has 0 amide bonds. The largest absolute Gasteiger partial charge is 0.290 e. The van der Waals surface area contributed by atoms with Crippen molar-refractivity contribution in [2.24, 2.45) is 0 Å². The van der Waals surface area contributed by atoms with Gasteiger partial charge in [0.1, 0.15) is 22.7 Å². The average molecular weight is 260 g/mol. The van der Waals surface area contributed by atoms with Gasteiger partial charge in [-0.25, -0.2) is 4.98 Å². The maximum absolute atomic E-state index is 8.79. The molecule has 0 spiro atoms. The van der Waals surface area contributed by atoms with Gasteiger partial charge in [-0.15, -0.1) is 23.1 Å². The maximum atomic E-state index is 8.79. The summed E-state index contributed by atoms with van der Waals surface area (Å²) in [7, 11) is 0. The van der Waals surface area contributed by atoms with Gasteiger partial charge in [-0.3, -0.25) is 4.40 Å². The molecule has 17 heavy (non-hydrogen) atoms. The van der Waals surface area contributed by atoms with Crippen LogP contribution in [0.2, 0.25) is 0 Å². The van der Waals surface area contributed by atoms with E-state index < -0.39 is 0 Å². The Morgan fingerprint density at radius 3 is 3.00 bits per heavy atom. The van der Waals surface area contributed by atoms with Crippen LogP contribution in [0.15, 0.2) is 22.2 Å². The number of imidazole rings is 1. The Balaban J connectivity index is 2.61. The van der Waals surface area contributed by atoms with Crippen molar-refractivity contribution in [1.82, 2.24) is 9.38 Å². The van der Waals surface area contributed by atoms with Gasteiger partial charge in [0.2, 0.25) is 0 Å². The highest BCUT2D eigenvalue weighted by atomic mass is 32.2. The van der Waals surface area contributed by atoms with Crippen LogP contribution < -0.4 is 0 Å². The third-order valence-corrected chi connectivity index (χ3v) is 3.69. The molecular weight excluding hydrogens is 252 g/mol. The molecule has 0 aliphatic heterocycles. The monoisotopic (exact) mass is 260 g/mol. The minimum absolute atomic E-state index is 0.0935. The molecule has 4 nitrogen and oxygen atoms in total. The van der Waals surface area contributed by atoms with Gasteiger partial charge in [0.25, 0.3) is 0 Å². The Hall–Kier alpha value is -1.76. The van der Waals surface area contributed by atoms with Gasteiger partial charge < -0.3 is 0 Å². The van der Waals surface area contributed by atoms with Crippen molar-refractivity contribution in [3.63, 3.8) is 0 Å². The first-order chi connectivity index (χ1) is 8.30. The highest BCUT2D eigenvalue weighted by Crippen LogP contribution is 2.27. The summed E-state index contributed by atoms with van der Waals surface area (Å²) >= 11 is 3.14. The van der Waals surface area contributed by atoms with Gasteiger partial charge in [-0.05, 0) is 11.8 Å². The first-order valence-corrected chi connectivity index (χ1v) is 6.77. The predicted octanol–water partition coefficient (Wildman–Crippen LogP) is 2.94. The lowest BCUT2D eigenvalue weighted by molar-refractivity contribution is 1.16. The van der Waals surface area contributed by atoms with E-state index in [9.17, 15) is 0 Å². The van der Waals surface area contributed by atoms with Crippen molar-refractivity contribution >= 4 is 34.1 Å². The SMILES string of the molecule is CCSc1nc2sccn2c1C=C(C#N)C#N. The van der Waals surface area contributed by atoms with E-state index in [2.05, 4.69) is 4.98 Å². The third-order valence-electron chi connectivity index (χ3n) is 2.07. The number of fused-ring (bicyclic) bond motifs is 1. The van der Waals surface area contributed by atoms with E-state index in [1.165, 1.54) is 11.3 Å². The minimum atomic E-state index is 0.0935. The van der Waals surface area contributed by atoms with Crippen LogP contribution >= 0.6 is 23.1 Å². The molecule has 0 fully saturated rings. The molecule has 2 rings (SSSR count). The van der Waals surface area contributed by atoms with E-state index in [0.717, 1.165) is 21.4 Å². The number of nitriles is 2. The predicted molar refractivity (Wildman–Crippen MR) is 68.7 cm³/mol. The topological polar surface area (TPSA) is 64.9 Å². The van der Waals surface area contributed by atoms with Gasteiger partial charge in [-0.1, -0.05) is 6.92 Å². The first-order valence-electron chi connectivity index (χ1n) is 4.90. The second-order valence-corrected chi connectivity index (χ2v) is 5.20. The number of nitrogens with zero attached hydrogens (tertiary/aromatic N) is 4. The summed E-state index contributed by atoms with van der Waals surface area (Å²) in [6, 6.07) is 3.74. The normalized spacial score (nSPS) is 9.82. The second-order valence-electron chi connectivity index (χ2n) is 3.07. The zero-order valence-corrected chi connectivity index (χ0v) is 10.7. The van der Waals surface area contributed by atoms with E-state index in [1.54, 1.807) is 17.8 Å². The fraction of sp³-hybridized carbons (Fsp3) is 0.182. The molecule has 0 aliphatic rings. The Labute approximate surface area is 107 Å². The number of hydrogen-bond acceptors (Lipinski definition) is 5. The van der Waals surface area contributed by atoms with E-state index in [4.69, 9.17) is 10.5 Å². The highest BCUT2D eigenvalue weighted by molar-refractivity contribution is 7.99. The number of thiazole rings is 1. The lowest BCUT2D eigenvalue weighted by atomic mass is 10.2. The maximum Gasteiger partial charge on any atom is 0.195 e. The standard InChI is InChI=1S/C11H8N4S2/c1-2-16-10-9(5-8(6-12)7-13)15-3-4-17-11(15)14-10/h3-5H,2H2,1H3. The summed E-state index contributed by atoms with van der Waals surface area (Å²) in [6.07, 6.45) is 3.48. The molecule has 0 aliphatic carbocycles. The van der Waals surface area contributed by atoms with Gasteiger partial charge in [0, 0.05) is 11.6 Å². The Morgan fingerprint density at radius 1 is 1.59 bits per heavy atom. The third kappa shape index (κ3) is 2.19. The molecule has 0 saturated carbocycles. The van der Waals surface area contributed by atoms with Crippen molar-refractivity contribution in [2.45, 2.75) is 11.9 Å². The number of thioether (sulfide) groups is 1. The van der Waals surface area contributed by atoms with Crippen LogP contribution in [0.25, 0.3) is 11.0 Å². The van der Waals surface area contributed by atoms with Crippen molar-refractivity contribution in [3.05, 3.63) is 22.8 Å². The zero-order valence-electron chi connectivity index (χ0n) is 9.04. The fourth-order valence-electron chi connectivity index (χ4n) is 1.38. The Bertz CT molecular complexity index is 635. The summed E-state index contributed by atoms with van der Waals surface area (Å²) in [6.45, 7) is 2.04. The molecule has 84 valence electrons. The van der Waals surface area contributed by atoms with Crippen LogP contribution in [0.1, 0.15) is 12.6 Å². The van der Waals surface area contributed by atoms with Crippen molar-refractivity contribution < 1.29 is 0 Å². The molecule has 2 heterocycles. The minimum Gasteiger partial charge on any atom is -0.290 e. The van der Waals surface area contributed by atoms with Crippen LogP contribution in [0.4, 0.5) is 0 Å². The number of rotatable bonds is 3. The van der Waals surface area contributed by atoms with E-state index in [-0.39, 0.29) is 5.57 Å². The molecule has 0 bridgehead atoms. The Kier molecular flexibility index (Phi) is 3.48. The van der Waals surface area contributed by atoms with Gasteiger partial charge >= 0.3 is 0 Å². The second kappa shape index (κ2) is 5.05. The number of aromatic nitrogens is 2. The van der Waals surface area contributed by atoms with Gasteiger partial charge in [0.15, 0.2) is 4.96 Å². The Morgan fingerprint density at radius 2 is 2.35 bits per heavy atom. The zero-order chi connectivity index (χ0) is 12.3. The highest BCUT2D eigenvalue weighted by Gasteiger charge is 2.11. The summed E-state index contributed by atoms with van der Waals surface area (Å²) in [5.74, 6) is 0.903. The summed E-state index contributed by atoms with van der Waals surface area (Å²) < 4.78 is 1.90. The van der Waals surface area contributed by atoms with Gasteiger partial charge in [-0.2, -0.15) is 10.5 Å². The molecule has 0 radical (unpaired) electrons. The molecule has 2 aromatic heterocycles. The van der Waals surface area contributed by atoms with Crippen LogP contribution in [-0.2, 0) is 0 Å². The smallest absolute Gasteiger partial charge is 0.195 e. The molecule has 0 unspecified atom stereocenters. The quantitative estimate of drug-likeness (QED) is 0.628. The molecular formula is C11H8N4S2. The number of hydrogen-bond donors (Lipinski definition) is 0. The number of allylic oxidation sites excluding steroid dienone is 1. The van der Waals surface area contributed by atoms with E-state index in [0.29, 0.717) is 0 Å². The van der Waals surface area contributed by atoms with Gasteiger partial charge in [0.05, 0.1) is 5.69 Å². The lowest BCUT2D eigenvalue weighted by Crippen LogP contribution is -1.85. The van der Waals surface area contributed by atoms with Crippen molar-refractivity contribution in [2.75, 3.05) is 5.75 Å². The molecule has 2 aromatic rings. The van der Waals surface area contributed by atoms with Crippen molar-refractivity contribution in [3.8, 4) is 12.1 Å². The first kappa shape index (κ1) is 11.7. The average Bonchev–Trinajstić information content (AvgIpc) is 2.89. The lowest BCUT2D eigenvalue weighted by Gasteiger charge is -1.96. The molecule has 6 heteroatoms. The molecule has 0 atom stereocenters. The van der Waals surface area contributed by atoms with Crippen LogP contribution in [0.3, 0.4) is 0 Å². The van der Waals surface area contributed by atoms with E-state index >= 15 is 0 Å². The van der Waals surface area contributed by atoms with Crippen molar-refractivity contribution in [1.29, 1.82) is 10.5 Å². The summed E-state index contributed by atoms with van der Waals surface area (Å²) in [5, 5.41) is 20.4. The summed E-state index contributed by atoms with van der Waals surface area (Å²) in [5.41, 5.74) is 0.905. The molecule has 0 N–H and O–H groups in total.